The molecular formula is C16H20Cl2N4O3. The molecule has 4 N–H and O–H groups in total. The summed E-state index contributed by atoms with van der Waals surface area (Å²) in [6.07, 6.45) is 1.56. The highest BCUT2D eigenvalue weighted by atomic mass is 35.5. The summed E-state index contributed by atoms with van der Waals surface area (Å²) in [5, 5.41) is 36.5. The Balaban J connectivity index is 1.88. The number of halogens is 2. The third-order valence-electron chi connectivity index (χ3n) is 4.50. The number of nitrogens with zero attached hydrogens (tertiary/aromatic N) is 3. The highest BCUT2D eigenvalue weighted by Gasteiger charge is 2.25. The predicted molar refractivity (Wildman–Crippen MR) is 96.5 cm³/mol. The molecule has 0 radical (unpaired) electrons. The summed E-state index contributed by atoms with van der Waals surface area (Å²) in [6, 6.07) is 3.15. The fourth-order valence-electron chi connectivity index (χ4n) is 3.18. The number of fused-ring (bicyclic) bond motifs is 1. The molecule has 0 bridgehead atoms. The van der Waals surface area contributed by atoms with Crippen molar-refractivity contribution in [2.75, 3.05) is 6.54 Å². The fraction of sp³-hybridized carbons (Fsp3) is 0.500. The van der Waals surface area contributed by atoms with E-state index in [2.05, 4.69) is 15.5 Å². The molecule has 0 aliphatic carbocycles. The van der Waals surface area contributed by atoms with E-state index >= 15 is 0 Å². The molecule has 136 valence electrons. The molecule has 1 fully saturated rings. The molecule has 2 atom stereocenters. The SMILES string of the molecule is OCc1nc2cc(Cl)c(Cl)cc2n1CC(C[C@H]1NCCC[C@@H]1O)=NO. The third-order valence-corrected chi connectivity index (χ3v) is 5.22. The summed E-state index contributed by atoms with van der Waals surface area (Å²) in [6.45, 7) is 0.781. The fourth-order valence-corrected chi connectivity index (χ4v) is 3.50. The molecule has 7 nitrogen and oxygen atoms in total. The van der Waals surface area contributed by atoms with Crippen LogP contribution in [0.5, 0.6) is 0 Å². The van der Waals surface area contributed by atoms with Gasteiger partial charge in [-0.25, -0.2) is 4.98 Å². The highest BCUT2D eigenvalue weighted by molar-refractivity contribution is 6.42. The van der Waals surface area contributed by atoms with E-state index in [0.29, 0.717) is 39.0 Å². The molecule has 1 aromatic carbocycles. The molecule has 2 heterocycles. The number of imidazole rings is 1. The molecule has 2 aromatic rings. The Morgan fingerprint density at radius 1 is 1.36 bits per heavy atom. The zero-order chi connectivity index (χ0) is 18.0. The first kappa shape index (κ1) is 18.4. The summed E-state index contributed by atoms with van der Waals surface area (Å²) >= 11 is 12.1. The Hall–Kier alpha value is -1.38. The van der Waals surface area contributed by atoms with Gasteiger partial charge in [-0.1, -0.05) is 28.4 Å². The molecule has 1 saturated heterocycles. The molecule has 3 rings (SSSR count). The second-order valence-electron chi connectivity index (χ2n) is 6.17. The second kappa shape index (κ2) is 7.88. The van der Waals surface area contributed by atoms with Gasteiger partial charge in [0.15, 0.2) is 0 Å². The van der Waals surface area contributed by atoms with Crippen molar-refractivity contribution in [3.63, 3.8) is 0 Å². The van der Waals surface area contributed by atoms with Crippen molar-refractivity contribution in [1.82, 2.24) is 14.9 Å². The largest absolute Gasteiger partial charge is 0.411 e. The van der Waals surface area contributed by atoms with Gasteiger partial charge in [0.25, 0.3) is 0 Å². The lowest BCUT2D eigenvalue weighted by Crippen LogP contribution is -2.46. The van der Waals surface area contributed by atoms with E-state index < -0.39 is 6.10 Å². The van der Waals surface area contributed by atoms with Crippen LogP contribution in [0.15, 0.2) is 17.3 Å². The Labute approximate surface area is 154 Å². The van der Waals surface area contributed by atoms with Gasteiger partial charge in [-0.2, -0.15) is 0 Å². The zero-order valence-electron chi connectivity index (χ0n) is 13.5. The Kier molecular flexibility index (Phi) is 5.81. The van der Waals surface area contributed by atoms with Gasteiger partial charge in [0.1, 0.15) is 12.4 Å². The van der Waals surface area contributed by atoms with Gasteiger partial charge in [0.05, 0.1) is 39.4 Å². The zero-order valence-corrected chi connectivity index (χ0v) is 15.0. The predicted octanol–water partition coefficient (Wildman–Crippen LogP) is 2.17. The lowest BCUT2D eigenvalue weighted by molar-refractivity contribution is 0.0986. The number of nitrogens with one attached hydrogen (secondary N) is 1. The average Bonchev–Trinajstić information content (AvgIpc) is 2.93. The van der Waals surface area contributed by atoms with Gasteiger partial charge in [-0.3, -0.25) is 0 Å². The quantitative estimate of drug-likeness (QED) is 0.358. The topological polar surface area (TPSA) is 103 Å². The van der Waals surface area contributed by atoms with Gasteiger partial charge in [0, 0.05) is 12.5 Å². The molecule has 9 heteroatoms. The molecule has 1 aliphatic heterocycles. The molecular weight excluding hydrogens is 367 g/mol. The minimum Gasteiger partial charge on any atom is -0.411 e. The van der Waals surface area contributed by atoms with Crippen LogP contribution < -0.4 is 5.32 Å². The normalized spacial score (nSPS) is 21.8. The number of hydrogen-bond acceptors (Lipinski definition) is 6. The van der Waals surface area contributed by atoms with Crippen LogP contribution in [-0.2, 0) is 13.2 Å². The van der Waals surface area contributed by atoms with Crippen LogP contribution in [0.2, 0.25) is 10.0 Å². The van der Waals surface area contributed by atoms with Crippen molar-refractivity contribution in [2.45, 2.75) is 44.6 Å². The van der Waals surface area contributed by atoms with E-state index in [0.717, 1.165) is 19.4 Å². The van der Waals surface area contributed by atoms with Gasteiger partial charge >= 0.3 is 0 Å². The molecule has 1 aromatic heterocycles. The number of rotatable bonds is 5. The number of aliphatic hydroxyl groups is 2. The lowest BCUT2D eigenvalue weighted by atomic mass is 9.96. The van der Waals surface area contributed by atoms with Crippen molar-refractivity contribution < 1.29 is 15.4 Å². The highest BCUT2D eigenvalue weighted by Crippen LogP contribution is 2.28. The number of oxime groups is 1. The van der Waals surface area contributed by atoms with Gasteiger partial charge in [0.2, 0.25) is 0 Å². The average molecular weight is 387 g/mol. The standard InChI is InChI=1S/C16H20Cl2N4O3/c17-10-5-12-14(6-11(10)18)22(16(8-23)20-12)7-9(21-25)4-13-15(24)2-1-3-19-13/h5-6,13,15,19,23-25H,1-4,7-8H2/t13-,15+/m1/s1. The number of piperidine rings is 1. The number of benzene rings is 1. The van der Waals surface area contributed by atoms with Crippen molar-refractivity contribution in [2.24, 2.45) is 5.16 Å². The van der Waals surface area contributed by atoms with Crippen LogP contribution in [0.1, 0.15) is 25.1 Å². The van der Waals surface area contributed by atoms with Crippen molar-refractivity contribution in [1.29, 1.82) is 0 Å². The number of hydrogen-bond donors (Lipinski definition) is 4. The van der Waals surface area contributed by atoms with Crippen LogP contribution in [0, 0.1) is 0 Å². The van der Waals surface area contributed by atoms with Crippen molar-refractivity contribution in [3.05, 3.63) is 28.0 Å². The van der Waals surface area contributed by atoms with E-state index in [9.17, 15) is 15.4 Å². The molecule has 25 heavy (non-hydrogen) atoms. The molecule has 0 saturated carbocycles. The van der Waals surface area contributed by atoms with Crippen LogP contribution in [0.25, 0.3) is 11.0 Å². The van der Waals surface area contributed by atoms with Crippen LogP contribution in [-0.4, -0.2) is 49.4 Å². The Morgan fingerprint density at radius 2 is 2.12 bits per heavy atom. The van der Waals surface area contributed by atoms with E-state index in [1.807, 2.05) is 0 Å². The first-order valence-electron chi connectivity index (χ1n) is 8.09. The monoisotopic (exact) mass is 386 g/mol. The minimum absolute atomic E-state index is 0.162. The van der Waals surface area contributed by atoms with E-state index in [1.54, 1.807) is 16.7 Å². The Bertz CT molecular complexity index is 793. The first-order chi connectivity index (χ1) is 12.0. The summed E-state index contributed by atoms with van der Waals surface area (Å²) < 4.78 is 1.74. The van der Waals surface area contributed by atoms with E-state index in [4.69, 9.17) is 23.2 Å². The summed E-state index contributed by atoms with van der Waals surface area (Å²) in [4.78, 5) is 4.35. The second-order valence-corrected chi connectivity index (χ2v) is 6.98. The van der Waals surface area contributed by atoms with Crippen LogP contribution >= 0.6 is 23.2 Å². The minimum atomic E-state index is -0.476. The van der Waals surface area contributed by atoms with Crippen LogP contribution in [0.3, 0.4) is 0 Å². The molecule has 1 aliphatic rings. The van der Waals surface area contributed by atoms with Crippen molar-refractivity contribution in [3.8, 4) is 0 Å². The van der Waals surface area contributed by atoms with Crippen LogP contribution in [0.4, 0.5) is 0 Å². The smallest absolute Gasteiger partial charge is 0.136 e. The van der Waals surface area contributed by atoms with Gasteiger partial charge in [-0.05, 0) is 31.5 Å². The summed E-state index contributed by atoms with van der Waals surface area (Å²) in [5.41, 5.74) is 1.77. The van der Waals surface area contributed by atoms with Crippen molar-refractivity contribution >= 4 is 39.9 Å². The summed E-state index contributed by atoms with van der Waals surface area (Å²) in [5.74, 6) is 0.423. The van der Waals surface area contributed by atoms with E-state index in [-0.39, 0.29) is 19.2 Å². The molecule has 0 unspecified atom stereocenters. The maximum Gasteiger partial charge on any atom is 0.136 e. The first-order valence-corrected chi connectivity index (χ1v) is 8.85. The third kappa shape index (κ3) is 3.91. The van der Waals surface area contributed by atoms with Gasteiger partial charge in [-0.15, -0.1) is 0 Å². The Morgan fingerprint density at radius 3 is 2.80 bits per heavy atom. The van der Waals surface area contributed by atoms with E-state index in [1.165, 1.54) is 0 Å². The maximum atomic E-state index is 10.1. The lowest BCUT2D eigenvalue weighted by Gasteiger charge is -2.29. The number of aromatic nitrogens is 2. The van der Waals surface area contributed by atoms with Gasteiger partial charge < -0.3 is 25.3 Å². The molecule has 0 spiro atoms. The molecule has 0 amide bonds. The maximum absolute atomic E-state index is 10.1. The number of aliphatic hydroxyl groups excluding tert-OH is 2. The summed E-state index contributed by atoms with van der Waals surface area (Å²) in [7, 11) is 0.